The number of benzene rings is 2. The fraction of sp³-hybridized carbons (Fsp3) is 0. The van der Waals surface area contributed by atoms with E-state index < -0.39 is 10.8 Å². The second-order valence-corrected chi connectivity index (χ2v) is 5.70. The van der Waals surface area contributed by atoms with Crippen LogP contribution in [0.2, 0.25) is 0 Å². The molecular weight excluding hydrogens is 386 g/mol. The smallest absolute Gasteiger partial charge is 0.273 e. The van der Waals surface area contributed by atoms with Crippen molar-refractivity contribution in [2.24, 2.45) is 0 Å². The topological polar surface area (TPSA) is 104 Å². The first-order valence-corrected chi connectivity index (χ1v) is 7.42. The van der Waals surface area contributed by atoms with E-state index in [0.717, 1.165) is 10.5 Å². The molecule has 1 amide bonds. The van der Waals surface area contributed by atoms with E-state index in [1.165, 1.54) is 12.1 Å². The molecule has 0 atom stereocenters. The molecular formula is C14H10BrN3O4S. The number of rotatable bonds is 3. The highest BCUT2D eigenvalue weighted by Gasteiger charge is 2.12. The predicted molar refractivity (Wildman–Crippen MR) is 92.6 cm³/mol. The van der Waals surface area contributed by atoms with Crippen molar-refractivity contribution in [3.8, 4) is 5.75 Å². The van der Waals surface area contributed by atoms with E-state index in [9.17, 15) is 20.0 Å². The first kappa shape index (κ1) is 16.8. The lowest BCUT2D eigenvalue weighted by atomic mass is 10.2. The van der Waals surface area contributed by atoms with Gasteiger partial charge in [-0.05, 0) is 42.5 Å². The van der Waals surface area contributed by atoms with Gasteiger partial charge < -0.3 is 10.4 Å². The molecule has 118 valence electrons. The maximum absolute atomic E-state index is 12.0. The first-order chi connectivity index (χ1) is 10.9. The predicted octanol–water partition coefficient (Wildman–Crippen LogP) is 3.19. The van der Waals surface area contributed by atoms with Crippen LogP contribution in [0.25, 0.3) is 0 Å². The number of hydrogen-bond acceptors (Lipinski definition) is 5. The van der Waals surface area contributed by atoms with E-state index in [1.54, 1.807) is 24.3 Å². The second kappa shape index (κ2) is 7.16. The largest absolute Gasteiger partial charge is 0.506 e. The molecule has 0 saturated heterocycles. The third-order valence-corrected chi connectivity index (χ3v) is 3.51. The van der Waals surface area contributed by atoms with Crippen LogP contribution in [0, 0.1) is 10.1 Å². The van der Waals surface area contributed by atoms with Gasteiger partial charge in [-0.3, -0.25) is 20.2 Å². The fourth-order valence-electron chi connectivity index (χ4n) is 1.67. The number of amides is 1. The lowest BCUT2D eigenvalue weighted by Gasteiger charge is -2.10. The van der Waals surface area contributed by atoms with Gasteiger partial charge in [-0.15, -0.1) is 0 Å². The molecule has 0 aliphatic carbocycles. The van der Waals surface area contributed by atoms with Crippen LogP contribution >= 0.6 is 28.1 Å². The van der Waals surface area contributed by atoms with Crippen molar-refractivity contribution in [1.29, 1.82) is 0 Å². The number of phenolic OH excluding ortho intramolecular Hbond substituents is 1. The number of aromatic hydroxyl groups is 1. The number of nitro groups is 1. The molecule has 0 aliphatic rings. The Kier molecular flexibility index (Phi) is 5.24. The van der Waals surface area contributed by atoms with Gasteiger partial charge in [0.15, 0.2) is 5.11 Å². The van der Waals surface area contributed by atoms with E-state index in [4.69, 9.17) is 12.2 Å². The van der Waals surface area contributed by atoms with Crippen LogP contribution in [0.4, 0.5) is 11.4 Å². The molecule has 0 heterocycles. The van der Waals surface area contributed by atoms with Crippen molar-refractivity contribution in [2.75, 3.05) is 5.32 Å². The summed E-state index contributed by atoms with van der Waals surface area (Å²) < 4.78 is 0.838. The zero-order valence-corrected chi connectivity index (χ0v) is 13.8. The standard InChI is InChI=1S/C14H10BrN3O4S/c15-9-3-1-8(2-4-9)13(20)17-14(23)16-11-6-5-10(18(21)22)7-12(11)19/h1-7,19H,(H2,16,17,20,23). The van der Waals surface area contributed by atoms with Crippen LogP contribution in [0.1, 0.15) is 10.4 Å². The van der Waals surface area contributed by atoms with Crippen LogP contribution in [0.5, 0.6) is 5.75 Å². The summed E-state index contributed by atoms with van der Waals surface area (Å²) in [6.07, 6.45) is 0. The van der Waals surface area contributed by atoms with Crippen molar-refractivity contribution in [3.05, 3.63) is 62.6 Å². The number of halogens is 1. The minimum Gasteiger partial charge on any atom is -0.506 e. The Morgan fingerprint density at radius 3 is 2.43 bits per heavy atom. The van der Waals surface area contributed by atoms with Crippen molar-refractivity contribution in [1.82, 2.24) is 5.32 Å². The zero-order chi connectivity index (χ0) is 17.0. The highest BCUT2D eigenvalue weighted by atomic mass is 79.9. The van der Waals surface area contributed by atoms with E-state index >= 15 is 0 Å². The summed E-state index contributed by atoms with van der Waals surface area (Å²) in [6.45, 7) is 0. The van der Waals surface area contributed by atoms with Gasteiger partial charge in [-0.25, -0.2) is 0 Å². The molecule has 9 heteroatoms. The Hall–Kier alpha value is -2.52. The first-order valence-electron chi connectivity index (χ1n) is 6.22. The molecule has 0 aliphatic heterocycles. The number of nitro benzene ring substituents is 1. The fourth-order valence-corrected chi connectivity index (χ4v) is 2.14. The number of non-ortho nitro benzene ring substituents is 1. The van der Waals surface area contributed by atoms with Gasteiger partial charge in [0.2, 0.25) is 0 Å². The molecule has 0 fully saturated rings. The van der Waals surface area contributed by atoms with Crippen molar-refractivity contribution >= 4 is 50.5 Å². The Bertz CT molecular complexity index is 780. The molecule has 0 spiro atoms. The summed E-state index contributed by atoms with van der Waals surface area (Å²) in [5.41, 5.74) is 0.305. The summed E-state index contributed by atoms with van der Waals surface area (Å²) in [7, 11) is 0. The maximum atomic E-state index is 12.0. The molecule has 3 N–H and O–H groups in total. The number of carbonyl (C=O) groups is 1. The summed E-state index contributed by atoms with van der Waals surface area (Å²) in [4.78, 5) is 22.0. The molecule has 2 rings (SSSR count). The zero-order valence-electron chi connectivity index (χ0n) is 11.4. The van der Waals surface area contributed by atoms with Gasteiger partial charge in [0.25, 0.3) is 11.6 Å². The molecule has 2 aromatic carbocycles. The van der Waals surface area contributed by atoms with Crippen LogP contribution in [0.15, 0.2) is 46.9 Å². The molecule has 0 aromatic heterocycles. The van der Waals surface area contributed by atoms with Gasteiger partial charge in [-0.1, -0.05) is 15.9 Å². The molecule has 2 aromatic rings. The SMILES string of the molecule is O=C(NC(=S)Nc1ccc([N+](=O)[O-])cc1O)c1ccc(Br)cc1. The minimum atomic E-state index is -0.628. The lowest BCUT2D eigenvalue weighted by molar-refractivity contribution is -0.384. The summed E-state index contributed by atoms with van der Waals surface area (Å²) in [6, 6.07) is 10.2. The number of nitrogens with one attached hydrogen (secondary N) is 2. The molecule has 0 bridgehead atoms. The number of nitrogens with zero attached hydrogens (tertiary/aromatic N) is 1. The number of carbonyl (C=O) groups excluding carboxylic acids is 1. The third-order valence-electron chi connectivity index (χ3n) is 2.77. The Balaban J connectivity index is 2.03. The highest BCUT2D eigenvalue weighted by molar-refractivity contribution is 9.10. The molecule has 0 radical (unpaired) electrons. The molecule has 0 saturated carbocycles. The van der Waals surface area contributed by atoms with Gasteiger partial charge in [0.1, 0.15) is 5.75 Å². The van der Waals surface area contributed by atoms with Crippen LogP contribution in [0.3, 0.4) is 0 Å². The Morgan fingerprint density at radius 1 is 1.22 bits per heavy atom. The van der Waals surface area contributed by atoms with E-state index in [0.29, 0.717) is 5.56 Å². The average molecular weight is 396 g/mol. The highest BCUT2D eigenvalue weighted by Crippen LogP contribution is 2.27. The third kappa shape index (κ3) is 4.47. The van der Waals surface area contributed by atoms with Gasteiger partial charge in [0.05, 0.1) is 16.7 Å². The van der Waals surface area contributed by atoms with E-state index in [2.05, 4.69) is 26.6 Å². The van der Waals surface area contributed by atoms with Crippen molar-refractivity contribution in [3.63, 3.8) is 0 Å². The van der Waals surface area contributed by atoms with Crippen LogP contribution < -0.4 is 10.6 Å². The Labute approximate surface area is 144 Å². The number of hydrogen-bond donors (Lipinski definition) is 3. The van der Waals surface area contributed by atoms with Crippen molar-refractivity contribution in [2.45, 2.75) is 0 Å². The molecule has 7 nitrogen and oxygen atoms in total. The van der Waals surface area contributed by atoms with E-state index in [-0.39, 0.29) is 22.2 Å². The summed E-state index contributed by atoms with van der Waals surface area (Å²) >= 11 is 8.25. The van der Waals surface area contributed by atoms with Crippen LogP contribution in [-0.2, 0) is 0 Å². The van der Waals surface area contributed by atoms with E-state index in [1.807, 2.05) is 0 Å². The quantitative estimate of drug-likeness (QED) is 0.319. The van der Waals surface area contributed by atoms with Crippen LogP contribution in [-0.4, -0.2) is 21.0 Å². The van der Waals surface area contributed by atoms with Gasteiger partial charge in [0, 0.05) is 16.1 Å². The van der Waals surface area contributed by atoms with Gasteiger partial charge >= 0.3 is 0 Å². The number of phenols is 1. The number of anilines is 1. The Morgan fingerprint density at radius 2 is 1.87 bits per heavy atom. The summed E-state index contributed by atoms with van der Waals surface area (Å²) in [5, 5.41) is 25.3. The summed E-state index contributed by atoms with van der Waals surface area (Å²) in [5.74, 6) is -0.768. The monoisotopic (exact) mass is 395 g/mol. The second-order valence-electron chi connectivity index (χ2n) is 4.37. The maximum Gasteiger partial charge on any atom is 0.273 e. The van der Waals surface area contributed by atoms with Gasteiger partial charge in [-0.2, -0.15) is 0 Å². The molecule has 23 heavy (non-hydrogen) atoms. The molecule has 0 unspecified atom stereocenters. The average Bonchev–Trinajstić information content (AvgIpc) is 2.49. The van der Waals surface area contributed by atoms with Crippen molar-refractivity contribution < 1.29 is 14.8 Å². The lowest BCUT2D eigenvalue weighted by Crippen LogP contribution is -2.34. The normalized spacial score (nSPS) is 9.96. The minimum absolute atomic E-state index is 0.0397. The number of thiocarbonyl (C=S) groups is 1.